The second-order valence-corrected chi connectivity index (χ2v) is 9.29. The van der Waals surface area contributed by atoms with E-state index in [1.807, 2.05) is 50.5 Å². The van der Waals surface area contributed by atoms with E-state index in [9.17, 15) is 4.79 Å². The molecule has 0 aliphatic rings. The Morgan fingerprint density at radius 3 is 2.59 bits per heavy atom. The predicted molar refractivity (Wildman–Crippen MR) is 131 cm³/mol. The second kappa shape index (κ2) is 10.8. The maximum Gasteiger partial charge on any atom is 0.234 e. The van der Waals surface area contributed by atoms with Crippen molar-refractivity contribution in [2.75, 3.05) is 11.1 Å². The van der Waals surface area contributed by atoms with Gasteiger partial charge in [-0.25, -0.2) is 0 Å². The number of hydrogen-bond acceptors (Lipinski definition) is 5. The van der Waals surface area contributed by atoms with Crippen LogP contribution in [0, 0.1) is 13.8 Å². The van der Waals surface area contributed by atoms with Crippen LogP contribution in [0.3, 0.4) is 0 Å². The zero-order chi connectivity index (χ0) is 23.4. The first kappa shape index (κ1) is 24.7. The highest BCUT2D eigenvalue weighted by Crippen LogP contribution is 2.32. The molecule has 3 aromatic rings. The summed E-state index contributed by atoms with van der Waals surface area (Å²) >= 11 is 19.4. The van der Waals surface area contributed by atoms with Crippen molar-refractivity contribution in [3.8, 4) is 5.75 Å². The van der Waals surface area contributed by atoms with Gasteiger partial charge in [-0.2, -0.15) is 0 Å². The maximum absolute atomic E-state index is 12.4. The molecule has 1 aromatic heterocycles. The van der Waals surface area contributed by atoms with Crippen molar-refractivity contribution < 1.29 is 9.53 Å². The lowest BCUT2D eigenvalue weighted by atomic mass is 10.1. The number of ether oxygens (including phenoxy) is 1. The van der Waals surface area contributed by atoms with Crippen LogP contribution in [-0.4, -0.2) is 26.4 Å². The molecule has 0 bridgehead atoms. The number of hydrogen-bond donors (Lipinski definition) is 1. The van der Waals surface area contributed by atoms with Crippen LogP contribution in [0.1, 0.15) is 36.9 Å². The molecule has 0 saturated heterocycles. The molecule has 2 aromatic carbocycles. The Labute approximate surface area is 206 Å². The molecule has 3 rings (SSSR count). The van der Waals surface area contributed by atoms with Crippen molar-refractivity contribution in [1.29, 1.82) is 0 Å². The number of thioether (sulfide) groups is 1. The quantitative estimate of drug-likeness (QED) is 0.267. The largest absolute Gasteiger partial charge is 0.482 e. The van der Waals surface area contributed by atoms with Crippen LogP contribution in [0.5, 0.6) is 5.75 Å². The minimum atomic E-state index is -0.304. The van der Waals surface area contributed by atoms with Crippen molar-refractivity contribution in [3.05, 3.63) is 62.4 Å². The topological polar surface area (TPSA) is 69.0 Å². The molecule has 1 N–H and O–H groups in total. The third-order valence-electron chi connectivity index (χ3n) is 4.90. The molecule has 1 amide bonds. The molecular formula is C22H23Cl3N4O2S. The molecule has 0 spiro atoms. The molecule has 32 heavy (non-hydrogen) atoms. The zero-order valence-electron chi connectivity index (χ0n) is 18.1. The van der Waals surface area contributed by atoms with E-state index in [1.165, 1.54) is 23.9 Å². The molecule has 1 heterocycles. The Morgan fingerprint density at radius 2 is 1.88 bits per heavy atom. The van der Waals surface area contributed by atoms with Crippen molar-refractivity contribution in [3.63, 3.8) is 0 Å². The Bertz CT molecular complexity index is 1140. The van der Waals surface area contributed by atoms with Crippen molar-refractivity contribution in [2.45, 2.75) is 45.5 Å². The first-order valence-electron chi connectivity index (χ1n) is 9.94. The van der Waals surface area contributed by atoms with Crippen LogP contribution in [0.2, 0.25) is 15.1 Å². The smallest absolute Gasteiger partial charge is 0.234 e. The van der Waals surface area contributed by atoms with Gasteiger partial charge in [-0.15, -0.1) is 10.2 Å². The van der Waals surface area contributed by atoms with Crippen LogP contribution in [-0.2, 0) is 11.3 Å². The van der Waals surface area contributed by atoms with E-state index < -0.39 is 0 Å². The number of nitrogens with one attached hydrogen (secondary N) is 1. The van der Waals surface area contributed by atoms with E-state index in [4.69, 9.17) is 39.5 Å². The molecule has 170 valence electrons. The SMILES string of the molecule is CCn1c(SCC(=O)Nc2cc(Cl)c(Cl)cc2Cl)nnc1C(C)Oc1cccc(C)c1C. The maximum atomic E-state index is 12.4. The Morgan fingerprint density at radius 1 is 1.16 bits per heavy atom. The summed E-state index contributed by atoms with van der Waals surface area (Å²) in [6, 6.07) is 8.97. The fraction of sp³-hybridized carbons (Fsp3) is 0.318. The van der Waals surface area contributed by atoms with E-state index >= 15 is 0 Å². The van der Waals surface area contributed by atoms with E-state index in [0.717, 1.165) is 16.9 Å². The fourth-order valence-electron chi connectivity index (χ4n) is 3.03. The van der Waals surface area contributed by atoms with E-state index in [-0.39, 0.29) is 17.8 Å². The van der Waals surface area contributed by atoms with Crippen LogP contribution in [0.15, 0.2) is 35.5 Å². The highest BCUT2D eigenvalue weighted by Gasteiger charge is 2.20. The van der Waals surface area contributed by atoms with Crippen LogP contribution in [0.4, 0.5) is 5.69 Å². The van der Waals surface area contributed by atoms with Gasteiger partial charge < -0.3 is 14.6 Å². The number of aryl methyl sites for hydroxylation is 1. The average Bonchev–Trinajstić information content (AvgIpc) is 3.17. The molecule has 1 unspecified atom stereocenters. The van der Waals surface area contributed by atoms with Crippen molar-refractivity contribution in [1.82, 2.24) is 14.8 Å². The van der Waals surface area contributed by atoms with Gasteiger partial charge in [-0.1, -0.05) is 58.7 Å². The fourth-order valence-corrected chi connectivity index (χ4v) is 4.44. The number of carbonyl (C=O) groups is 1. The van der Waals surface area contributed by atoms with Crippen LogP contribution >= 0.6 is 46.6 Å². The third-order valence-corrected chi connectivity index (χ3v) is 6.90. The molecule has 0 saturated carbocycles. The summed E-state index contributed by atoms with van der Waals surface area (Å²) in [6.07, 6.45) is -0.304. The van der Waals surface area contributed by atoms with Gasteiger partial charge in [0.05, 0.1) is 26.5 Å². The summed E-state index contributed by atoms with van der Waals surface area (Å²) in [4.78, 5) is 12.4. The average molecular weight is 514 g/mol. The summed E-state index contributed by atoms with van der Waals surface area (Å²) in [7, 11) is 0. The summed E-state index contributed by atoms with van der Waals surface area (Å²) in [5.41, 5.74) is 2.66. The molecule has 0 aliphatic carbocycles. The molecule has 0 aliphatic heterocycles. The lowest BCUT2D eigenvalue weighted by Crippen LogP contribution is -2.16. The number of anilines is 1. The van der Waals surface area contributed by atoms with Gasteiger partial charge in [-0.3, -0.25) is 4.79 Å². The zero-order valence-corrected chi connectivity index (χ0v) is 21.2. The minimum Gasteiger partial charge on any atom is -0.482 e. The Hall–Kier alpha value is -1.93. The van der Waals surface area contributed by atoms with Crippen molar-refractivity contribution in [2.24, 2.45) is 0 Å². The molecule has 6 nitrogen and oxygen atoms in total. The molecular weight excluding hydrogens is 491 g/mol. The third kappa shape index (κ3) is 5.70. The van der Waals surface area contributed by atoms with E-state index in [1.54, 1.807) is 0 Å². The van der Waals surface area contributed by atoms with Crippen LogP contribution in [0.25, 0.3) is 0 Å². The monoisotopic (exact) mass is 512 g/mol. The molecule has 10 heteroatoms. The van der Waals surface area contributed by atoms with Gasteiger partial charge in [0.2, 0.25) is 5.91 Å². The van der Waals surface area contributed by atoms with Crippen molar-refractivity contribution >= 4 is 58.2 Å². The van der Waals surface area contributed by atoms with Gasteiger partial charge in [0.1, 0.15) is 5.75 Å². The molecule has 1 atom stereocenters. The first-order valence-corrected chi connectivity index (χ1v) is 12.1. The number of halogens is 3. The second-order valence-electron chi connectivity index (χ2n) is 7.13. The molecule has 0 fully saturated rings. The van der Waals surface area contributed by atoms with E-state index in [2.05, 4.69) is 15.5 Å². The number of amides is 1. The summed E-state index contributed by atoms with van der Waals surface area (Å²) < 4.78 is 8.10. The Balaban J connectivity index is 1.67. The Kier molecular flexibility index (Phi) is 8.33. The number of nitrogens with zero attached hydrogens (tertiary/aromatic N) is 3. The number of benzene rings is 2. The highest BCUT2D eigenvalue weighted by molar-refractivity contribution is 7.99. The summed E-state index contributed by atoms with van der Waals surface area (Å²) in [5, 5.41) is 12.9. The van der Waals surface area contributed by atoms with Gasteiger partial charge in [0.25, 0.3) is 0 Å². The first-order chi connectivity index (χ1) is 15.2. The summed E-state index contributed by atoms with van der Waals surface area (Å²) in [6.45, 7) is 8.65. The lowest BCUT2D eigenvalue weighted by molar-refractivity contribution is -0.113. The van der Waals surface area contributed by atoms with Crippen LogP contribution < -0.4 is 10.1 Å². The number of aromatic nitrogens is 3. The highest BCUT2D eigenvalue weighted by atomic mass is 35.5. The van der Waals surface area contributed by atoms with Gasteiger partial charge in [0.15, 0.2) is 17.1 Å². The number of rotatable bonds is 8. The van der Waals surface area contributed by atoms with Gasteiger partial charge >= 0.3 is 0 Å². The minimum absolute atomic E-state index is 0.126. The normalized spacial score (nSPS) is 12.0. The molecule has 0 radical (unpaired) electrons. The van der Waals surface area contributed by atoms with E-state index in [0.29, 0.717) is 38.3 Å². The standard InChI is InChI=1S/C22H23Cl3N4O2S/c1-5-29-21(14(4)31-19-8-6-7-12(2)13(19)3)27-28-22(29)32-11-20(30)26-18-10-16(24)15(23)9-17(18)25/h6-10,14H,5,11H2,1-4H3,(H,26,30). The lowest BCUT2D eigenvalue weighted by Gasteiger charge is -2.17. The summed E-state index contributed by atoms with van der Waals surface area (Å²) in [5.74, 6) is 1.39. The van der Waals surface area contributed by atoms with Gasteiger partial charge in [-0.05, 0) is 57.0 Å². The predicted octanol–water partition coefficient (Wildman–Crippen LogP) is 6.75. The number of carbonyl (C=O) groups excluding carboxylic acids is 1. The van der Waals surface area contributed by atoms with Gasteiger partial charge in [0, 0.05) is 6.54 Å².